The minimum absolute atomic E-state index is 0.0320. The number of rotatable bonds is 11. The number of hydrogen-bond acceptors (Lipinski definition) is 10. The summed E-state index contributed by atoms with van der Waals surface area (Å²) in [5.41, 5.74) is 0.0222. The van der Waals surface area contributed by atoms with Gasteiger partial charge >= 0.3 is 11.9 Å². The third-order valence-corrected chi connectivity index (χ3v) is 5.27. The van der Waals surface area contributed by atoms with Crippen LogP contribution < -0.4 is 5.32 Å². The van der Waals surface area contributed by atoms with Crippen LogP contribution in [0.25, 0.3) is 0 Å². The number of aliphatic hydroxyl groups is 2. The Hall–Kier alpha value is -1.04. The summed E-state index contributed by atoms with van der Waals surface area (Å²) >= 11 is 8.55. The predicted octanol–water partition coefficient (Wildman–Crippen LogP) is 1.29. The van der Waals surface area contributed by atoms with Crippen LogP contribution >= 0.6 is 25.3 Å². The van der Waals surface area contributed by atoms with Crippen LogP contribution in [0.3, 0.4) is 0 Å². The number of ether oxygens (including phenoxy) is 2. The molecule has 0 saturated carbocycles. The van der Waals surface area contributed by atoms with Crippen molar-refractivity contribution in [1.29, 1.82) is 0 Å². The maximum atomic E-state index is 11.6. The fourth-order valence-corrected chi connectivity index (χ4v) is 4.36. The molecular formula is C21H36N2O6S2. The van der Waals surface area contributed by atoms with Gasteiger partial charge in [0.15, 0.2) is 0 Å². The van der Waals surface area contributed by atoms with E-state index in [2.05, 4.69) is 45.0 Å². The molecule has 0 aliphatic carbocycles. The number of nitrogens with one attached hydrogen (secondary N) is 1. The number of aliphatic hydroxyl groups excluding tert-OH is 2. The van der Waals surface area contributed by atoms with Crippen LogP contribution in [0.5, 0.6) is 0 Å². The van der Waals surface area contributed by atoms with Gasteiger partial charge < -0.3 is 19.7 Å². The van der Waals surface area contributed by atoms with Crippen molar-refractivity contribution in [3.05, 3.63) is 23.6 Å². The summed E-state index contributed by atoms with van der Waals surface area (Å²) in [6.45, 7) is 14.4. The largest absolute Gasteiger partial charge is 0.460 e. The Labute approximate surface area is 195 Å². The summed E-state index contributed by atoms with van der Waals surface area (Å²) in [4.78, 5) is 24.6. The standard InChI is InChI=1S/C21H36N2O6S2/c1-13(2)18(26)28-11-16(24)9-23(10-17(25)12-29-19(27)14(3)30)15-7-20(4,5)22-21(6,31)8-15/h15-17,22,24-25,30-31H,1,3,7-12H2,2,4-6H3. The number of hydrogen-bond donors (Lipinski definition) is 5. The van der Waals surface area contributed by atoms with Gasteiger partial charge in [0, 0.05) is 30.2 Å². The van der Waals surface area contributed by atoms with Gasteiger partial charge in [-0.25, -0.2) is 9.59 Å². The van der Waals surface area contributed by atoms with E-state index in [0.717, 1.165) is 6.42 Å². The van der Waals surface area contributed by atoms with Crippen molar-refractivity contribution < 1.29 is 29.3 Å². The first kappa shape index (κ1) is 28.0. The third-order valence-electron chi connectivity index (χ3n) is 4.79. The molecule has 0 aromatic rings. The fourth-order valence-electron chi connectivity index (χ4n) is 3.78. The van der Waals surface area contributed by atoms with E-state index in [0.29, 0.717) is 6.42 Å². The van der Waals surface area contributed by atoms with Gasteiger partial charge in [-0.15, -0.1) is 12.6 Å². The number of nitrogens with zero attached hydrogens (tertiary/aromatic N) is 1. The molecule has 0 aromatic heterocycles. The summed E-state index contributed by atoms with van der Waals surface area (Å²) in [6.07, 6.45) is -0.579. The summed E-state index contributed by atoms with van der Waals surface area (Å²) in [6, 6.07) is -0.0320. The summed E-state index contributed by atoms with van der Waals surface area (Å²) in [7, 11) is 0. The minimum atomic E-state index is -0.994. The van der Waals surface area contributed by atoms with Crippen LogP contribution in [-0.2, 0) is 19.1 Å². The fraction of sp³-hybridized carbons (Fsp3) is 0.714. The van der Waals surface area contributed by atoms with Gasteiger partial charge in [0.25, 0.3) is 0 Å². The average Bonchev–Trinajstić information content (AvgIpc) is 2.60. The van der Waals surface area contributed by atoms with Crippen molar-refractivity contribution in [2.45, 2.75) is 69.2 Å². The lowest BCUT2D eigenvalue weighted by Gasteiger charge is -2.49. The molecule has 0 amide bonds. The maximum Gasteiger partial charge on any atom is 0.343 e. The minimum Gasteiger partial charge on any atom is -0.460 e. The molecule has 0 bridgehead atoms. The van der Waals surface area contributed by atoms with Gasteiger partial charge in [0.2, 0.25) is 0 Å². The van der Waals surface area contributed by atoms with E-state index in [1.165, 1.54) is 6.92 Å². The lowest BCUT2D eigenvalue weighted by molar-refractivity contribution is -0.142. The molecule has 3 N–H and O–H groups in total. The second-order valence-corrected chi connectivity index (χ2v) is 10.6. The van der Waals surface area contributed by atoms with Crippen LogP contribution in [0.2, 0.25) is 0 Å². The molecular weight excluding hydrogens is 440 g/mol. The second-order valence-electron chi connectivity index (χ2n) is 9.03. The first-order valence-corrected chi connectivity index (χ1v) is 11.0. The van der Waals surface area contributed by atoms with E-state index in [1.54, 1.807) is 0 Å². The number of carbonyl (C=O) groups is 2. The predicted molar refractivity (Wildman–Crippen MR) is 126 cm³/mol. The first-order chi connectivity index (χ1) is 14.1. The van der Waals surface area contributed by atoms with E-state index >= 15 is 0 Å². The molecule has 0 aromatic carbocycles. The van der Waals surface area contributed by atoms with E-state index in [4.69, 9.17) is 22.1 Å². The molecule has 1 aliphatic heterocycles. The van der Waals surface area contributed by atoms with Crippen LogP contribution in [0.15, 0.2) is 23.6 Å². The molecule has 0 spiro atoms. The Morgan fingerprint density at radius 2 is 1.58 bits per heavy atom. The van der Waals surface area contributed by atoms with Crippen LogP contribution in [0, 0.1) is 0 Å². The van der Waals surface area contributed by atoms with Gasteiger partial charge in [0.1, 0.15) is 25.4 Å². The highest BCUT2D eigenvalue weighted by molar-refractivity contribution is 7.85. The lowest BCUT2D eigenvalue weighted by atomic mass is 9.84. The van der Waals surface area contributed by atoms with Crippen molar-refractivity contribution in [3.8, 4) is 0 Å². The molecule has 8 nitrogen and oxygen atoms in total. The molecule has 178 valence electrons. The zero-order chi connectivity index (χ0) is 24.0. The maximum absolute atomic E-state index is 11.6. The highest BCUT2D eigenvalue weighted by atomic mass is 32.1. The molecule has 0 radical (unpaired) electrons. The first-order valence-electron chi connectivity index (χ1n) is 10.1. The molecule has 1 saturated heterocycles. The van der Waals surface area contributed by atoms with Crippen LogP contribution in [-0.4, -0.2) is 82.0 Å². The van der Waals surface area contributed by atoms with Gasteiger partial charge in [-0.3, -0.25) is 10.2 Å². The molecule has 31 heavy (non-hydrogen) atoms. The molecule has 1 aliphatic rings. The number of piperidine rings is 1. The summed E-state index contributed by atoms with van der Waals surface area (Å²) in [5, 5.41) is 24.4. The van der Waals surface area contributed by atoms with Crippen LogP contribution in [0.1, 0.15) is 40.5 Å². The SMILES string of the molecule is C=C(C)C(=O)OCC(O)CN(CC(O)COC(=O)C(=C)S)C1CC(C)(C)NC(C)(S)C1. The van der Waals surface area contributed by atoms with E-state index in [9.17, 15) is 19.8 Å². The molecule has 1 heterocycles. The topological polar surface area (TPSA) is 108 Å². The zero-order valence-corrected chi connectivity index (χ0v) is 20.5. The van der Waals surface area contributed by atoms with E-state index in [1.807, 2.05) is 11.8 Å². The summed E-state index contributed by atoms with van der Waals surface area (Å²) < 4.78 is 10.0. The Balaban J connectivity index is 2.88. The third kappa shape index (κ3) is 10.4. The molecule has 10 heteroatoms. The van der Waals surface area contributed by atoms with Gasteiger partial charge in [-0.2, -0.15) is 12.6 Å². The smallest absolute Gasteiger partial charge is 0.343 e. The van der Waals surface area contributed by atoms with Gasteiger partial charge in [0.05, 0.1) is 9.78 Å². The van der Waals surface area contributed by atoms with Crippen LogP contribution in [0.4, 0.5) is 0 Å². The van der Waals surface area contributed by atoms with Crippen molar-refractivity contribution in [2.75, 3.05) is 26.3 Å². The normalized spacial score (nSPS) is 24.9. The zero-order valence-electron chi connectivity index (χ0n) is 18.8. The molecule has 4 atom stereocenters. The highest BCUT2D eigenvalue weighted by Gasteiger charge is 2.41. The van der Waals surface area contributed by atoms with Crippen molar-refractivity contribution in [1.82, 2.24) is 10.2 Å². The van der Waals surface area contributed by atoms with E-state index in [-0.39, 0.29) is 48.4 Å². The average molecular weight is 477 g/mol. The number of esters is 2. The van der Waals surface area contributed by atoms with Gasteiger partial charge in [-0.05, 0) is 40.5 Å². The quantitative estimate of drug-likeness (QED) is 0.173. The monoisotopic (exact) mass is 476 g/mol. The number of carbonyl (C=O) groups excluding carboxylic acids is 2. The lowest BCUT2D eigenvalue weighted by Crippen LogP contribution is -2.62. The number of thiol groups is 2. The molecule has 1 rings (SSSR count). The highest BCUT2D eigenvalue weighted by Crippen LogP contribution is 2.34. The van der Waals surface area contributed by atoms with Gasteiger partial charge in [-0.1, -0.05) is 13.2 Å². The second kappa shape index (κ2) is 11.7. The molecule has 1 fully saturated rings. The van der Waals surface area contributed by atoms with Crippen molar-refractivity contribution >= 4 is 37.2 Å². The Kier molecular flexibility index (Phi) is 10.6. The Bertz CT molecular complexity index is 629. The van der Waals surface area contributed by atoms with Crippen molar-refractivity contribution in [3.63, 3.8) is 0 Å². The Morgan fingerprint density at radius 3 is 2.00 bits per heavy atom. The van der Waals surface area contributed by atoms with E-state index < -0.39 is 29.0 Å². The Morgan fingerprint density at radius 1 is 1.10 bits per heavy atom. The molecule has 4 unspecified atom stereocenters. The summed E-state index contributed by atoms with van der Waals surface area (Å²) in [5.74, 6) is -1.28. The van der Waals surface area contributed by atoms with Crippen molar-refractivity contribution in [2.24, 2.45) is 0 Å².